The predicted octanol–water partition coefficient (Wildman–Crippen LogP) is 3.75. The van der Waals surface area contributed by atoms with E-state index in [1.165, 1.54) is 0 Å². The van der Waals surface area contributed by atoms with Crippen molar-refractivity contribution in [3.8, 4) is 0 Å². The van der Waals surface area contributed by atoms with Gasteiger partial charge in [-0.05, 0) is 34.1 Å². The second-order valence-electron chi connectivity index (χ2n) is 3.63. The summed E-state index contributed by atoms with van der Waals surface area (Å²) in [4.78, 5) is 0. The second kappa shape index (κ2) is 7.80. The molecule has 4 nitrogen and oxygen atoms in total. The highest BCUT2D eigenvalue weighted by Crippen LogP contribution is 2.51. The van der Waals surface area contributed by atoms with Crippen LogP contribution in [0, 0.1) is 0 Å². The molecule has 0 saturated carbocycles. The number of rotatable bonds is 8. The number of hydrogen-bond acceptors (Lipinski definition) is 4. The Labute approximate surface area is 100 Å². The lowest BCUT2D eigenvalue weighted by Crippen LogP contribution is -2.10. The third kappa shape index (κ3) is 8.40. The highest BCUT2D eigenvalue weighted by molar-refractivity contribution is 9.09. The zero-order valence-electron chi connectivity index (χ0n) is 9.73. The van der Waals surface area contributed by atoms with Crippen molar-refractivity contribution in [2.24, 2.45) is 0 Å². The average molecular weight is 303 g/mol. The molecule has 0 unspecified atom stereocenters. The third-order valence-corrected chi connectivity index (χ3v) is 3.63. The Bertz CT molecular complexity index is 194. The molecule has 6 heteroatoms. The third-order valence-electron chi connectivity index (χ3n) is 1.21. The molecule has 0 bridgehead atoms. The SMILES string of the molecule is CC(C)OP(=O)(OCCCBr)OC(C)C. The minimum Gasteiger partial charge on any atom is -0.287 e. The molecule has 0 heterocycles. The van der Waals surface area contributed by atoms with Crippen molar-refractivity contribution in [2.75, 3.05) is 11.9 Å². The summed E-state index contributed by atoms with van der Waals surface area (Å²) in [7, 11) is -3.38. The lowest BCUT2D eigenvalue weighted by molar-refractivity contribution is 0.0725. The van der Waals surface area contributed by atoms with Gasteiger partial charge < -0.3 is 0 Å². The highest BCUT2D eigenvalue weighted by atomic mass is 79.9. The van der Waals surface area contributed by atoms with E-state index in [4.69, 9.17) is 13.6 Å². The fourth-order valence-corrected chi connectivity index (χ4v) is 2.62. The molecule has 0 amide bonds. The Balaban J connectivity index is 4.21. The molecule has 0 rings (SSSR count). The maximum absolute atomic E-state index is 12.0. The van der Waals surface area contributed by atoms with Crippen molar-refractivity contribution in [3.63, 3.8) is 0 Å². The smallest absolute Gasteiger partial charge is 0.287 e. The van der Waals surface area contributed by atoms with Gasteiger partial charge in [0.1, 0.15) is 0 Å². The van der Waals surface area contributed by atoms with Gasteiger partial charge in [0.05, 0.1) is 18.8 Å². The Morgan fingerprint density at radius 3 is 1.93 bits per heavy atom. The summed E-state index contributed by atoms with van der Waals surface area (Å²) in [5.74, 6) is 0. The van der Waals surface area contributed by atoms with Crippen LogP contribution >= 0.6 is 23.8 Å². The van der Waals surface area contributed by atoms with Gasteiger partial charge >= 0.3 is 7.82 Å². The normalized spacial score (nSPS) is 12.7. The molecule has 0 radical (unpaired) electrons. The molecule has 0 aromatic rings. The first-order chi connectivity index (χ1) is 6.89. The van der Waals surface area contributed by atoms with Crippen LogP contribution in [0.1, 0.15) is 34.1 Å². The van der Waals surface area contributed by atoms with Crippen molar-refractivity contribution in [1.29, 1.82) is 0 Å². The molecule has 15 heavy (non-hydrogen) atoms. The summed E-state index contributed by atoms with van der Waals surface area (Å²) in [5.41, 5.74) is 0. The summed E-state index contributed by atoms with van der Waals surface area (Å²) in [6, 6.07) is 0. The summed E-state index contributed by atoms with van der Waals surface area (Å²) in [6.45, 7) is 7.55. The molecular formula is C9H20BrO4P. The van der Waals surface area contributed by atoms with Crippen molar-refractivity contribution >= 4 is 23.8 Å². The minimum atomic E-state index is -3.38. The van der Waals surface area contributed by atoms with Crippen molar-refractivity contribution in [3.05, 3.63) is 0 Å². The van der Waals surface area contributed by atoms with Gasteiger partial charge in [0, 0.05) is 5.33 Å². The van der Waals surface area contributed by atoms with Crippen molar-refractivity contribution < 1.29 is 18.1 Å². The lowest BCUT2D eigenvalue weighted by Gasteiger charge is -2.21. The molecular weight excluding hydrogens is 283 g/mol. The van der Waals surface area contributed by atoms with E-state index >= 15 is 0 Å². The Morgan fingerprint density at radius 1 is 1.13 bits per heavy atom. The average Bonchev–Trinajstić information content (AvgIpc) is 2.00. The fourth-order valence-electron chi connectivity index (χ4n) is 0.833. The number of alkyl halides is 1. The zero-order valence-corrected chi connectivity index (χ0v) is 12.2. The van der Waals surface area contributed by atoms with Crippen LogP contribution < -0.4 is 0 Å². The minimum absolute atomic E-state index is 0.182. The molecule has 0 aromatic heterocycles. The lowest BCUT2D eigenvalue weighted by atomic mass is 10.5. The van der Waals surface area contributed by atoms with Gasteiger partial charge in [0.25, 0.3) is 0 Å². The van der Waals surface area contributed by atoms with Gasteiger partial charge in [-0.3, -0.25) is 13.6 Å². The van der Waals surface area contributed by atoms with E-state index in [2.05, 4.69) is 15.9 Å². The van der Waals surface area contributed by atoms with Crippen LogP contribution in [0.4, 0.5) is 0 Å². The van der Waals surface area contributed by atoms with E-state index in [0.29, 0.717) is 6.61 Å². The van der Waals surface area contributed by atoms with Crippen LogP contribution in [0.25, 0.3) is 0 Å². The topological polar surface area (TPSA) is 44.8 Å². The van der Waals surface area contributed by atoms with E-state index in [1.54, 1.807) is 27.7 Å². The van der Waals surface area contributed by atoms with E-state index < -0.39 is 7.82 Å². The number of halogens is 1. The van der Waals surface area contributed by atoms with Crippen LogP contribution in [0.5, 0.6) is 0 Å². The van der Waals surface area contributed by atoms with Crippen LogP contribution in [0.2, 0.25) is 0 Å². The molecule has 92 valence electrons. The Morgan fingerprint density at radius 2 is 1.60 bits per heavy atom. The zero-order chi connectivity index (χ0) is 11.9. The van der Waals surface area contributed by atoms with Gasteiger partial charge in [-0.15, -0.1) is 0 Å². The molecule has 0 N–H and O–H groups in total. The molecule has 0 atom stereocenters. The number of phosphoric ester groups is 1. The first-order valence-electron chi connectivity index (χ1n) is 5.07. The standard InChI is InChI=1S/C9H20BrO4P/c1-8(2)13-15(11,14-9(3)4)12-7-5-6-10/h8-9H,5-7H2,1-4H3. The highest BCUT2D eigenvalue weighted by Gasteiger charge is 2.29. The number of hydrogen-bond donors (Lipinski definition) is 0. The van der Waals surface area contributed by atoms with Gasteiger partial charge in [-0.2, -0.15) is 0 Å². The summed E-state index contributed by atoms with van der Waals surface area (Å²) < 4.78 is 27.6. The maximum atomic E-state index is 12.0. The van der Waals surface area contributed by atoms with Crippen LogP contribution in [-0.4, -0.2) is 24.1 Å². The van der Waals surface area contributed by atoms with E-state index in [1.807, 2.05) is 0 Å². The Kier molecular flexibility index (Phi) is 8.10. The van der Waals surface area contributed by atoms with E-state index in [9.17, 15) is 4.57 Å². The van der Waals surface area contributed by atoms with Gasteiger partial charge in [0.15, 0.2) is 0 Å². The van der Waals surface area contributed by atoms with Crippen LogP contribution in [0.3, 0.4) is 0 Å². The number of phosphoric acid groups is 1. The quantitative estimate of drug-likeness (QED) is 0.389. The Hall–Kier alpha value is 0.590. The van der Waals surface area contributed by atoms with Gasteiger partial charge in [-0.25, -0.2) is 4.57 Å². The molecule has 0 spiro atoms. The first-order valence-corrected chi connectivity index (χ1v) is 7.65. The second-order valence-corrected chi connectivity index (χ2v) is 6.00. The summed E-state index contributed by atoms with van der Waals surface area (Å²) in [6.07, 6.45) is 0.407. The first kappa shape index (κ1) is 15.6. The van der Waals surface area contributed by atoms with Crippen LogP contribution in [-0.2, 0) is 18.1 Å². The van der Waals surface area contributed by atoms with Gasteiger partial charge in [-0.1, -0.05) is 15.9 Å². The van der Waals surface area contributed by atoms with Crippen LogP contribution in [0.15, 0.2) is 0 Å². The molecule has 0 aliphatic carbocycles. The predicted molar refractivity (Wildman–Crippen MR) is 64.4 cm³/mol. The molecule has 0 saturated heterocycles. The molecule has 0 aliphatic rings. The van der Waals surface area contributed by atoms with Crippen molar-refractivity contribution in [1.82, 2.24) is 0 Å². The maximum Gasteiger partial charge on any atom is 0.475 e. The summed E-state index contributed by atoms with van der Waals surface area (Å²) in [5, 5.41) is 0.802. The molecule has 0 aliphatic heterocycles. The monoisotopic (exact) mass is 302 g/mol. The van der Waals surface area contributed by atoms with Crippen molar-refractivity contribution in [2.45, 2.75) is 46.3 Å². The van der Waals surface area contributed by atoms with E-state index in [-0.39, 0.29) is 12.2 Å². The van der Waals surface area contributed by atoms with Gasteiger partial charge in [0.2, 0.25) is 0 Å². The van der Waals surface area contributed by atoms with E-state index in [0.717, 1.165) is 11.8 Å². The molecule has 0 fully saturated rings. The summed E-state index contributed by atoms with van der Waals surface area (Å²) >= 11 is 3.27. The fraction of sp³-hybridized carbons (Fsp3) is 1.00. The molecule has 0 aromatic carbocycles. The largest absolute Gasteiger partial charge is 0.475 e.